The first-order chi connectivity index (χ1) is 8.65. The Morgan fingerprint density at radius 3 is 2.61 bits per heavy atom. The van der Waals surface area contributed by atoms with Crippen LogP contribution >= 0.6 is 0 Å². The molecule has 2 aromatic rings. The summed E-state index contributed by atoms with van der Waals surface area (Å²) in [6.45, 7) is 1.89. The minimum Gasteiger partial charge on any atom is -0.453 e. The molecule has 0 aliphatic carbocycles. The average molecular weight is 243 g/mol. The predicted octanol–water partition coefficient (Wildman–Crippen LogP) is 2.43. The predicted molar refractivity (Wildman–Crippen MR) is 67.7 cm³/mol. The maximum atomic E-state index is 11.5. The van der Waals surface area contributed by atoms with Crippen LogP contribution in [0.15, 0.2) is 34.7 Å². The third-order valence-corrected chi connectivity index (χ3v) is 2.72. The van der Waals surface area contributed by atoms with Gasteiger partial charge in [-0.15, -0.1) is 0 Å². The summed E-state index contributed by atoms with van der Waals surface area (Å²) in [5, 5.41) is 2.57. The lowest BCUT2D eigenvalue weighted by Gasteiger charge is -2.05. The largest absolute Gasteiger partial charge is 0.453 e. The number of carbonyl (C=O) groups is 2. The van der Waals surface area contributed by atoms with E-state index in [0.717, 1.165) is 11.1 Å². The molecule has 0 aliphatic heterocycles. The molecule has 1 aromatic carbocycles. The number of benzene rings is 1. The monoisotopic (exact) mass is 243 g/mol. The molecule has 0 spiro atoms. The van der Waals surface area contributed by atoms with E-state index in [9.17, 15) is 9.59 Å². The number of aryl methyl sites for hydroxylation is 1. The fourth-order valence-corrected chi connectivity index (χ4v) is 1.79. The number of hydrogen-bond acceptors (Lipinski definition) is 3. The fourth-order valence-electron chi connectivity index (χ4n) is 1.79. The van der Waals surface area contributed by atoms with Crippen LogP contribution in [0.1, 0.15) is 26.5 Å². The van der Waals surface area contributed by atoms with Gasteiger partial charge < -0.3 is 9.73 Å². The number of hydrogen-bond donors (Lipinski definition) is 1. The van der Waals surface area contributed by atoms with E-state index in [1.54, 1.807) is 31.3 Å². The lowest BCUT2D eigenvalue weighted by molar-refractivity contribution is 0.0962. The minimum atomic E-state index is -0.127. The molecular formula is C14H13NO3. The van der Waals surface area contributed by atoms with Crippen molar-refractivity contribution in [2.24, 2.45) is 0 Å². The molecule has 1 amide bonds. The third-order valence-electron chi connectivity index (χ3n) is 2.72. The van der Waals surface area contributed by atoms with Crippen LogP contribution in [0.4, 0.5) is 0 Å². The van der Waals surface area contributed by atoms with Gasteiger partial charge in [-0.1, -0.05) is 6.07 Å². The highest BCUT2D eigenvalue weighted by Crippen LogP contribution is 2.25. The van der Waals surface area contributed by atoms with Crippen molar-refractivity contribution in [3.05, 3.63) is 47.2 Å². The van der Waals surface area contributed by atoms with E-state index in [0.29, 0.717) is 23.4 Å². The molecule has 92 valence electrons. The third kappa shape index (κ3) is 2.18. The van der Waals surface area contributed by atoms with Gasteiger partial charge in [0.1, 0.15) is 5.76 Å². The maximum Gasteiger partial charge on any atom is 0.251 e. The Balaban J connectivity index is 2.40. The first kappa shape index (κ1) is 12.1. The van der Waals surface area contributed by atoms with Crippen molar-refractivity contribution in [1.29, 1.82) is 0 Å². The molecule has 0 atom stereocenters. The first-order valence-corrected chi connectivity index (χ1v) is 5.54. The van der Waals surface area contributed by atoms with Crippen LogP contribution in [0.5, 0.6) is 0 Å². The van der Waals surface area contributed by atoms with Crippen molar-refractivity contribution in [2.45, 2.75) is 6.92 Å². The van der Waals surface area contributed by atoms with Crippen molar-refractivity contribution in [3.63, 3.8) is 0 Å². The SMILES string of the molecule is CNC(=O)c1ccc(-c2ccc(C=O)o2)c(C)c1. The van der Waals surface area contributed by atoms with Crippen molar-refractivity contribution < 1.29 is 14.0 Å². The van der Waals surface area contributed by atoms with Crippen LogP contribution in [0, 0.1) is 6.92 Å². The van der Waals surface area contributed by atoms with Gasteiger partial charge in [0, 0.05) is 18.2 Å². The lowest BCUT2D eigenvalue weighted by atomic mass is 10.0. The molecule has 0 saturated heterocycles. The van der Waals surface area contributed by atoms with Crippen LogP contribution < -0.4 is 5.32 Å². The smallest absolute Gasteiger partial charge is 0.251 e. The Labute approximate surface area is 105 Å². The van der Waals surface area contributed by atoms with Gasteiger partial charge in [0.05, 0.1) is 0 Å². The van der Waals surface area contributed by atoms with Gasteiger partial charge in [0.15, 0.2) is 12.0 Å². The normalized spacial score (nSPS) is 10.1. The molecule has 0 radical (unpaired) electrons. The lowest BCUT2D eigenvalue weighted by Crippen LogP contribution is -2.17. The van der Waals surface area contributed by atoms with Gasteiger partial charge in [-0.3, -0.25) is 9.59 Å². The summed E-state index contributed by atoms with van der Waals surface area (Å²) in [4.78, 5) is 22.1. The molecule has 2 rings (SSSR count). The summed E-state index contributed by atoms with van der Waals surface area (Å²) in [5.41, 5.74) is 2.39. The van der Waals surface area contributed by atoms with Crippen LogP contribution in [0.3, 0.4) is 0 Å². The zero-order valence-corrected chi connectivity index (χ0v) is 10.2. The zero-order valence-electron chi connectivity index (χ0n) is 10.2. The molecule has 1 N–H and O–H groups in total. The van der Waals surface area contributed by atoms with Crippen molar-refractivity contribution in [3.8, 4) is 11.3 Å². The number of furan rings is 1. The highest BCUT2D eigenvalue weighted by atomic mass is 16.3. The Morgan fingerprint density at radius 2 is 2.06 bits per heavy atom. The van der Waals surface area contributed by atoms with Crippen LogP contribution in [-0.4, -0.2) is 19.2 Å². The van der Waals surface area contributed by atoms with E-state index in [-0.39, 0.29) is 5.91 Å². The number of amides is 1. The number of nitrogens with one attached hydrogen (secondary N) is 1. The maximum absolute atomic E-state index is 11.5. The van der Waals surface area contributed by atoms with E-state index >= 15 is 0 Å². The molecule has 18 heavy (non-hydrogen) atoms. The number of aldehydes is 1. The van der Waals surface area contributed by atoms with E-state index < -0.39 is 0 Å². The molecule has 0 bridgehead atoms. The first-order valence-electron chi connectivity index (χ1n) is 5.54. The van der Waals surface area contributed by atoms with Gasteiger partial charge in [-0.05, 0) is 36.8 Å². The van der Waals surface area contributed by atoms with Gasteiger partial charge >= 0.3 is 0 Å². The Hall–Kier alpha value is -2.36. The molecule has 0 unspecified atom stereocenters. The van der Waals surface area contributed by atoms with Crippen LogP contribution in [0.25, 0.3) is 11.3 Å². The summed E-state index contributed by atoms with van der Waals surface area (Å²) in [6.07, 6.45) is 0.664. The summed E-state index contributed by atoms with van der Waals surface area (Å²) in [7, 11) is 1.59. The van der Waals surface area contributed by atoms with Crippen LogP contribution in [-0.2, 0) is 0 Å². The van der Waals surface area contributed by atoms with Crippen molar-refractivity contribution in [1.82, 2.24) is 5.32 Å². The number of carbonyl (C=O) groups excluding carboxylic acids is 2. The quantitative estimate of drug-likeness (QED) is 0.842. The second-order valence-corrected chi connectivity index (χ2v) is 3.93. The standard InChI is InChI=1S/C14H13NO3/c1-9-7-10(14(17)15-2)3-5-12(9)13-6-4-11(8-16)18-13/h3-8H,1-2H3,(H,15,17). The molecule has 0 aliphatic rings. The fraction of sp³-hybridized carbons (Fsp3) is 0.143. The Kier molecular flexibility index (Phi) is 3.28. The molecule has 0 fully saturated rings. The van der Waals surface area contributed by atoms with Crippen molar-refractivity contribution in [2.75, 3.05) is 7.05 Å². The van der Waals surface area contributed by atoms with Crippen molar-refractivity contribution >= 4 is 12.2 Å². The van der Waals surface area contributed by atoms with Gasteiger partial charge in [0.2, 0.25) is 0 Å². The summed E-state index contributed by atoms with van der Waals surface area (Å²) in [5.74, 6) is 0.788. The second kappa shape index (κ2) is 4.87. The topological polar surface area (TPSA) is 59.3 Å². The molecule has 0 saturated carbocycles. The van der Waals surface area contributed by atoms with E-state index in [4.69, 9.17) is 4.42 Å². The second-order valence-electron chi connectivity index (χ2n) is 3.93. The molecule has 4 nitrogen and oxygen atoms in total. The molecule has 1 aromatic heterocycles. The van der Waals surface area contributed by atoms with E-state index in [1.165, 1.54) is 0 Å². The summed E-state index contributed by atoms with van der Waals surface area (Å²) < 4.78 is 5.36. The van der Waals surface area contributed by atoms with E-state index in [2.05, 4.69) is 5.32 Å². The molecular weight excluding hydrogens is 230 g/mol. The summed E-state index contributed by atoms with van der Waals surface area (Å²) in [6, 6.07) is 8.69. The van der Waals surface area contributed by atoms with Gasteiger partial charge in [0.25, 0.3) is 5.91 Å². The highest BCUT2D eigenvalue weighted by Gasteiger charge is 2.10. The summed E-state index contributed by atoms with van der Waals surface area (Å²) >= 11 is 0. The average Bonchev–Trinajstić information content (AvgIpc) is 2.86. The zero-order chi connectivity index (χ0) is 13.1. The molecule has 4 heteroatoms. The minimum absolute atomic E-state index is 0.127. The Morgan fingerprint density at radius 1 is 1.28 bits per heavy atom. The van der Waals surface area contributed by atoms with Gasteiger partial charge in [-0.2, -0.15) is 0 Å². The molecule has 1 heterocycles. The van der Waals surface area contributed by atoms with Gasteiger partial charge in [-0.25, -0.2) is 0 Å². The number of rotatable bonds is 3. The Bertz CT molecular complexity index is 599. The highest BCUT2D eigenvalue weighted by molar-refractivity contribution is 5.94. The van der Waals surface area contributed by atoms with E-state index in [1.807, 2.05) is 13.0 Å². The van der Waals surface area contributed by atoms with Crippen LogP contribution in [0.2, 0.25) is 0 Å².